The van der Waals surface area contributed by atoms with E-state index in [1.165, 1.54) is 13.8 Å². The fraction of sp³-hybridized carbons (Fsp3) is 0.500. The van der Waals surface area contributed by atoms with Crippen LogP contribution in [0.3, 0.4) is 0 Å². The molecule has 9 heteroatoms. The van der Waals surface area contributed by atoms with Crippen LogP contribution in [-0.4, -0.2) is 32.7 Å². The molecule has 0 aliphatic carbocycles. The van der Waals surface area contributed by atoms with Crippen LogP contribution in [0.5, 0.6) is 0 Å². The van der Waals surface area contributed by atoms with E-state index in [1.54, 1.807) is 0 Å². The van der Waals surface area contributed by atoms with Gasteiger partial charge >= 0.3 is 6.03 Å². The largest absolute Gasteiger partial charge is 0.511 e. The van der Waals surface area contributed by atoms with Gasteiger partial charge < -0.3 is 10.4 Å². The van der Waals surface area contributed by atoms with Crippen molar-refractivity contribution < 1.29 is 14.7 Å². The van der Waals surface area contributed by atoms with Crippen LogP contribution in [-0.2, 0) is 4.79 Å². The number of carbonyl (C=O) groups excluding carboxylic acids is 2. The number of aliphatic hydroxyl groups is 1. The molecular weight excluding hydrogens is 312 g/mol. The number of hydrogen-bond donors (Lipinski definition) is 3. The molecule has 0 atom stereocenters. The Balaban J connectivity index is 2.72. The van der Waals surface area contributed by atoms with Gasteiger partial charge in [0.2, 0.25) is 5.13 Å². The monoisotopic (exact) mass is 330 g/mol. The lowest BCUT2D eigenvalue weighted by Crippen LogP contribution is -2.43. The van der Waals surface area contributed by atoms with Gasteiger partial charge in [0, 0.05) is 5.54 Å². The minimum atomic E-state index is -0.379. The van der Waals surface area contributed by atoms with Crippen molar-refractivity contribution >= 4 is 40.0 Å². The number of ketones is 1. The molecule has 0 radical (unpaired) electrons. The number of nitrogens with zero attached hydrogens (tertiary/aromatic N) is 2. The second-order valence-electron chi connectivity index (χ2n) is 5.28. The van der Waals surface area contributed by atoms with Crippen LogP contribution < -0.4 is 10.6 Å². The molecule has 21 heavy (non-hydrogen) atoms. The third kappa shape index (κ3) is 6.13. The first kappa shape index (κ1) is 17.4. The molecule has 0 bridgehead atoms. The number of amides is 2. The molecule has 1 aromatic heterocycles. The number of aliphatic hydroxyl groups excluding tert-OH is 1. The molecule has 0 spiro atoms. The second kappa shape index (κ2) is 6.90. The Labute approximate surface area is 131 Å². The van der Waals surface area contributed by atoms with Gasteiger partial charge in [-0.2, -0.15) is 0 Å². The quantitative estimate of drug-likeness (QED) is 0.339. The zero-order valence-electron chi connectivity index (χ0n) is 12.5. The molecule has 1 rings (SSSR count). The standard InChI is InChI=1S/C12H18N4O3S2/c1-6(17)8(7(2)18)20-11-16-15-10(21-11)13-9(19)14-12(3,4)5/h17H,1-5H3,(H2,13,14,15,19)/b8-6+. The van der Waals surface area contributed by atoms with Gasteiger partial charge in [-0.3, -0.25) is 10.1 Å². The highest BCUT2D eigenvalue weighted by Gasteiger charge is 2.17. The summed E-state index contributed by atoms with van der Waals surface area (Å²) >= 11 is 2.14. The van der Waals surface area contributed by atoms with Crippen molar-refractivity contribution in [2.75, 3.05) is 5.32 Å². The van der Waals surface area contributed by atoms with Gasteiger partial charge in [0.25, 0.3) is 0 Å². The Kier molecular flexibility index (Phi) is 5.73. The zero-order chi connectivity index (χ0) is 16.2. The maximum atomic E-state index is 11.7. The van der Waals surface area contributed by atoms with Crippen molar-refractivity contribution in [1.82, 2.24) is 15.5 Å². The summed E-state index contributed by atoms with van der Waals surface area (Å²) in [6.07, 6.45) is 0. The smallest absolute Gasteiger partial charge is 0.321 e. The van der Waals surface area contributed by atoms with E-state index in [0.717, 1.165) is 23.1 Å². The van der Waals surface area contributed by atoms with Crippen LogP contribution in [0, 0.1) is 0 Å². The van der Waals surface area contributed by atoms with E-state index in [9.17, 15) is 14.7 Å². The topological polar surface area (TPSA) is 104 Å². The molecule has 1 heterocycles. The lowest BCUT2D eigenvalue weighted by molar-refractivity contribution is -0.113. The molecule has 0 saturated carbocycles. The number of hydrogen-bond acceptors (Lipinski definition) is 7. The molecule has 2 amide bonds. The fourth-order valence-corrected chi connectivity index (χ4v) is 2.93. The van der Waals surface area contributed by atoms with Crippen molar-refractivity contribution in [1.29, 1.82) is 0 Å². The highest BCUT2D eigenvalue weighted by molar-refractivity contribution is 8.05. The number of carbonyl (C=O) groups is 2. The molecule has 0 saturated heterocycles. The average Bonchev–Trinajstić information content (AvgIpc) is 2.69. The Bertz CT molecular complexity index is 571. The summed E-state index contributed by atoms with van der Waals surface area (Å²) in [7, 11) is 0. The van der Waals surface area contributed by atoms with Crippen LogP contribution in [0.15, 0.2) is 15.0 Å². The number of urea groups is 1. The number of rotatable bonds is 4. The van der Waals surface area contributed by atoms with E-state index in [1.807, 2.05) is 20.8 Å². The molecule has 7 nitrogen and oxygen atoms in total. The molecule has 3 N–H and O–H groups in total. The molecule has 0 fully saturated rings. The number of Topliss-reactive ketones (excluding diaryl/α,β-unsaturated/α-hetero) is 1. The van der Waals surface area contributed by atoms with E-state index in [0.29, 0.717) is 9.47 Å². The van der Waals surface area contributed by atoms with Crippen LogP contribution in [0.1, 0.15) is 34.6 Å². The van der Waals surface area contributed by atoms with Crippen LogP contribution in [0.4, 0.5) is 9.93 Å². The summed E-state index contributed by atoms with van der Waals surface area (Å²) in [5.41, 5.74) is -0.356. The van der Waals surface area contributed by atoms with Crippen molar-refractivity contribution in [3.05, 3.63) is 10.7 Å². The van der Waals surface area contributed by atoms with Crippen LogP contribution in [0.2, 0.25) is 0 Å². The predicted molar refractivity (Wildman–Crippen MR) is 83.7 cm³/mol. The Hall–Kier alpha value is -1.61. The first-order valence-corrected chi connectivity index (χ1v) is 7.73. The van der Waals surface area contributed by atoms with Gasteiger partial charge in [-0.25, -0.2) is 4.79 Å². The summed E-state index contributed by atoms with van der Waals surface area (Å²) in [6, 6.07) is -0.379. The van der Waals surface area contributed by atoms with Gasteiger partial charge in [-0.15, -0.1) is 10.2 Å². The minimum Gasteiger partial charge on any atom is -0.511 e. The van der Waals surface area contributed by atoms with Crippen molar-refractivity contribution in [3.63, 3.8) is 0 Å². The lowest BCUT2D eigenvalue weighted by Gasteiger charge is -2.19. The Morgan fingerprint density at radius 2 is 1.86 bits per heavy atom. The third-order valence-electron chi connectivity index (χ3n) is 1.95. The molecule has 0 aromatic carbocycles. The van der Waals surface area contributed by atoms with Gasteiger partial charge in [-0.05, 0) is 46.4 Å². The number of aromatic nitrogens is 2. The summed E-state index contributed by atoms with van der Waals surface area (Å²) in [4.78, 5) is 23.3. The van der Waals surface area contributed by atoms with Gasteiger partial charge in [-0.1, -0.05) is 11.3 Å². The Morgan fingerprint density at radius 1 is 1.24 bits per heavy atom. The third-order valence-corrected chi connectivity index (χ3v) is 4.13. The molecule has 0 aliphatic heterocycles. The molecule has 0 aliphatic rings. The van der Waals surface area contributed by atoms with E-state index >= 15 is 0 Å². The van der Waals surface area contributed by atoms with E-state index in [-0.39, 0.29) is 28.0 Å². The normalized spacial score (nSPS) is 12.6. The second-order valence-corrected chi connectivity index (χ2v) is 7.51. The lowest BCUT2D eigenvalue weighted by atomic mass is 10.1. The molecule has 1 aromatic rings. The van der Waals surface area contributed by atoms with Crippen molar-refractivity contribution in [2.45, 2.75) is 44.5 Å². The summed E-state index contributed by atoms with van der Waals surface area (Å²) in [5, 5.41) is 22.7. The fourth-order valence-electron chi connectivity index (χ4n) is 1.26. The number of nitrogens with one attached hydrogen (secondary N) is 2. The molecular formula is C12H18N4O3S2. The summed E-state index contributed by atoms with van der Waals surface area (Å²) < 4.78 is 0.458. The first-order chi connectivity index (χ1) is 9.58. The average molecular weight is 330 g/mol. The SMILES string of the molecule is CC(=O)/C(Sc1nnc(NC(=O)NC(C)(C)C)s1)=C(/C)O. The molecule has 116 valence electrons. The number of allylic oxidation sites excluding steroid dienone is 2. The van der Waals surface area contributed by atoms with Crippen LogP contribution in [0.25, 0.3) is 0 Å². The maximum Gasteiger partial charge on any atom is 0.321 e. The number of thioether (sulfide) groups is 1. The van der Waals surface area contributed by atoms with E-state index in [2.05, 4.69) is 20.8 Å². The van der Waals surface area contributed by atoms with Gasteiger partial charge in [0.15, 0.2) is 10.1 Å². The number of anilines is 1. The summed E-state index contributed by atoms with van der Waals surface area (Å²) in [5.74, 6) is -0.321. The zero-order valence-corrected chi connectivity index (χ0v) is 14.1. The molecule has 0 unspecified atom stereocenters. The first-order valence-electron chi connectivity index (χ1n) is 6.10. The van der Waals surface area contributed by atoms with E-state index in [4.69, 9.17) is 0 Å². The van der Waals surface area contributed by atoms with Gasteiger partial charge in [0.1, 0.15) is 5.76 Å². The van der Waals surface area contributed by atoms with Gasteiger partial charge in [0.05, 0.1) is 4.91 Å². The minimum absolute atomic E-state index is 0.0670. The van der Waals surface area contributed by atoms with Crippen molar-refractivity contribution in [2.24, 2.45) is 0 Å². The highest BCUT2D eigenvalue weighted by atomic mass is 32.2. The van der Waals surface area contributed by atoms with Crippen LogP contribution >= 0.6 is 23.1 Å². The predicted octanol–water partition coefficient (Wildman–Crippen LogP) is 2.93. The highest BCUT2D eigenvalue weighted by Crippen LogP contribution is 2.32. The van der Waals surface area contributed by atoms with Crippen molar-refractivity contribution in [3.8, 4) is 0 Å². The maximum absolute atomic E-state index is 11.7. The summed E-state index contributed by atoms with van der Waals surface area (Å²) in [6.45, 7) is 8.38. The van der Waals surface area contributed by atoms with E-state index < -0.39 is 0 Å². The Morgan fingerprint density at radius 3 is 2.33 bits per heavy atom.